The minimum Gasteiger partial charge on any atom is -0.302 e. The highest BCUT2D eigenvalue weighted by atomic mass is 32.2. The van der Waals surface area contributed by atoms with Crippen molar-refractivity contribution < 1.29 is 9.59 Å². The second-order valence-corrected chi connectivity index (χ2v) is 7.29. The summed E-state index contributed by atoms with van der Waals surface area (Å²) in [7, 11) is 0. The van der Waals surface area contributed by atoms with Gasteiger partial charge in [0.25, 0.3) is 0 Å². The van der Waals surface area contributed by atoms with Gasteiger partial charge in [-0.05, 0) is 13.0 Å². The van der Waals surface area contributed by atoms with Crippen LogP contribution in [0.5, 0.6) is 0 Å². The minimum absolute atomic E-state index is 0.141. The van der Waals surface area contributed by atoms with Crippen molar-refractivity contribution in [3.8, 4) is 0 Å². The summed E-state index contributed by atoms with van der Waals surface area (Å²) in [5, 5.41) is 0.465. The van der Waals surface area contributed by atoms with E-state index < -0.39 is 0 Å². The number of rotatable bonds is 6. The van der Waals surface area contributed by atoms with E-state index in [2.05, 4.69) is 4.90 Å². The minimum atomic E-state index is 0.141. The van der Waals surface area contributed by atoms with E-state index in [9.17, 15) is 9.59 Å². The van der Waals surface area contributed by atoms with Gasteiger partial charge in [-0.1, -0.05) is 72.4 Å². The van der Waals surface area contributed by atoms with E-state index in [0.29, 0.717) is 11.7 Å². The number of hydrogen-bond donors (Lipinski definition) is 0. The molecule has 3 nitrogen and oxygen atoms in total. The van der Waals surface area contributed by atoms with Gasteiger partial charge in [-0.15, -0.1) is 0 Å². The van der Waals surface area contributed by atoms with Crippen LogP contribution >= 0.6 is 11.8 Å². The quantitative estimate of drug-likeness (QED) is 0.748. The van der Waals surface area contributed by atoms with Crippen LogP contribution in [0.25, 0.3) is 0 Å². The van der Waals surface area contributed by atoms with Crippen molar-refractivity contribution >= 4 is 22.7 Å². The first kappa shape index (κ1) is 16.9. The van der Waals surface area contributed by atoms with Gasteiger partial charge < -0.3 is 4.90 Å². The van der Waals surface area contributed by atoms with Crippen molar-refractivity contribution in [2.45, 2.75) is 18.1 Å². The number of carbonyl (C=O) groups is 2. The van der Waals surface area contributed by atoms with Crippen LogP contribution in [0.2, 0.25) is 0 Å². The summed E-state index contributed by atoms with van der Waals surface area (Å²) in [6, 6.07) is 18.9. The van der Waals surface area contributed by atoms with Crippen LogP contribution < -0.4 is 0 Å². The van der Waals surface area contributed by atoms with Gasteiger partial charge in [0.2, 0.25) is 5.12 Å². The number of carbonyl (C=O) groups excluding carboxylic acids is 2. The molecule has 1 saturated heterocycles. The Labute approximate surface area is 147 Å². The Morgan fingerprint density at radius 2 is 1.58 bits per heavy atom. The molecule has 1 heterocycles. The average Bonchev–Trinajstić information content (AvgIpc) is 3.08. The average molecular weight is 339 g/mol. The molecule has 0 unspecified atom stereocenters. The van der Waals surface area contributed by atoms with Crippen molar-refractivity contribution in [2.75, 3.05) is 19.6 Å². The molecule has 3 rings (SSSR count). The van der Waals surface area contributed by atoms with Gasteiger partial charge in [0, 0.05) is 35.9 Å². The number of likely N-dealkylation sites (tertiary alicyclic amines) is 1. The number of benzene rings is 2. The zero-order chi connectivity index (χ0) is 16.8. The van der Waals surface area contributed by atoms with Crippen molar-refractivity contribution in [3.05, 3.63) is 71.8 Å². The fraction of sp³-hybridized carbons (Fsp3) is 0.300. The fourth-order valence-electron chi connectivity index (χ4n) is 2.92. The molecule has 0 N–H and O–H groups in total. The van der Waals surface area contributed by atoms with Crippen LogP contribution in [0.15, 0.2) is 60.7 Å². The van der Waals surface area contributed by atoms with Gasteiger partial charge >= 0.3 is 0 Å². The molecule has 0 bridgehead atoms. The fourth-order valence-corrected chi connectivity index (χ4v) is 4.00. The lowest BCUT2D eigenvalue weighted by Gasteiger charge is -2.15. The third-order valence-corrected chi connectivity index (χ3v) is 5.43. The first-order valence-corrected chi connectivity index (χ1v) is 9.17. The van der Waals surface area contributed by atoms with Gasteiger partial charge in [0.05, 0.1) is 0 Å². The molecular weight excluding hydrogens is 318 g/mol. The molecule has 0 saturated carbocycles. The smallest absolute Gasteiger partial charge is 0.219 e. The summed E-state index contributed by atoms with van der Waals surface area (Å²) >= 11 is 1.43. The lowest BCUT2D eigenvalue weighted by Crippen LogP contribution is -2.24. The molecule has 0 aromatic heterocycles. The van der Waals surface area contributed by atoms with E-state index in [1.54, 1.807) is 0 Å². The zero-order valence-corrected chi connectivity index (χ0v) is 14.4. The molecule has 124 valence electrons. The molecule has 0 radical (unpaired) electrons. The summed E-state index contributed by atoms with van der Waals surface area (Å²) in [5.41, 5.74) is 1.54. The molecule has 1 atom stereocenters. The van der Waals surface area contributed by atoms with Gasteiger partial charge in [-0.25, -0.2) is 0 Å². The predicted octanol–water partition coefficient (Wildman–Crippen LogP) is 3.91. The largest absolute Gasteiger partial charge is 0.302 e. The first-order chi connectivity index (χ1) is 11.7. The van der Waals surface area contributed by atoms with E-state index >= 15 is 0 Å². The van der Waals surface area contributed by atoms with E-state index in [1.165, 1.54) is 11.8 Å². The SMILES string of the molecule is O=C(CCN1CC[C@H](SC(=O)c2ccccc2)C1)c1ccccc1. The van der Waals surface area contributed by atoms with E-state index in [0.717, 1.165) is 37.2 Å². The maximum atomic E-state index is 12.2. The molecule has 1 fully saturated rings. The van der Waals surface area contributed by atoms with Crippen LogP contribution in [0.3, 0.4) is 0 Å². The Kier molecular flexibility index (Phi) is 5.83. The van der Waals surface area contributed by atoms with Crippen LogP contribution in [0.4, 0.5) is 0 Å². The van der Waals surface area contributed by atoms with Gasteiger partial charge in [-0.2, -0.15) is 0 Å². The summed E-state index contributed by atoms with van der Waals surface area (Å²) < 4.78 is 0. The van der Waals surface area contributed by atoms with Crippen molar-refractivity contribution in [1.82, 2.24) is 4.90 Å². The number of nitrogens with zero attached hydrogens (tertiary/aromatic N) is 1. The normalized spacial score (nSPS) is 17.8. The Balaban J connectivity index is 1.44. The van der Waals surface area contributed by atoms with Crippen molar-refractivity contribution in [1.29, 1.82) is 0 Å². The third kappa shape index (κ3) is 4.56. The maximum Gasteiger partial charge on any atom is 0.219 e. The number of ketones is 1. The lowest BCUT2D eigenvalue weighted by atomic mass is 10.1. The van der Waals surface area contributed by atoms with Gasteiger partial charge in [-0.3, -0.25) is 9.59 Å². The summed E-state index contributed by atoms with van der Waals surface area (Å²) in [6.07, 6.45) is 1.54. The van der Waals surface area contributed by atoms with Crippen LogP contribution in [0, 0.1) is 0 Å². The Morgan fingerprint density at radius 1 is 0.958 bits per heavy atom. The third-order valence-electron chi connectivity index (χ3n) is 4.26. The Hall–Kier alpha value is -1.91. The zero-order valence-electron chi connectivity index (χ0n) is 13.6. The highest BCUT2D eigenvalue weighted by molar-refractivity contribution is 8.14. The second kappa shape index (κ2) is 8.27. The summed E-state index contributed by atoms with van der Waals surface area (Å²) in [4.78, 5) is 26.7. The Bertz CT molecular complexity index is 687. The first-order valence-electron chi connectivity index (χ1n) is 8.29. The number of thioether (sulfide) groups is 1. The molecule has 1 aliphatic heterocycles. The molecule has 4 heteroatoms. The molecular formula is C20H21NO2S. The Morgan fingerprint density at radius 3 is 2.25 bits per heavy atom. The van der Waals surface area contributed by atoms with Gasteiger partial charge in [0.1, 0.15) is 0 Å². The number of hydrogen-bond acceptors (Lipinski definition) is 4. The molecule has 2 aromatic carbocycles. The lowest BCUT2D eigenvalue weighted by molar-refractivity contribution is 0.0968. The monoisotopic (exact) mass is 339 g/mol. The van der Waals surface area contributed by atoms with E-state index in [1.807, 2.05) is 60.7 Å². The number of Topliss-reactive ketones (excluding diaryl/α,β-unsaturated/α-hetero) is 1. The van der Waals surface area contributed by atoms with Crippen LogP contribution in [0.1, 0.15) is 33.6 Å². The molecule has 1 aliphatic rings. The van der Waals surface area contributed by atoms with Crippen molar-refractivity contribution in [2.24, 2.45) is 0 Å². The molecule has 0 aliphatic carbocycles. The highest BCUT2D eigenvalue weighted by Gasteiger charge is 2.25. The summed E-state index contributed by atoms with van der Waals surface area (Å²) in [6.45, 7) is 2.61. The highest BCUT2D eigenvalue weighted by Crippen LogP contribution is 2.26. The molecule has 24 heavy (non-hydrogen) atoms. The standard InChI is InChI=1S/C20H21NO2S/c22-19(16-7-3-1-4-8-16)12-14-21-13-11-18(15-21)24-20(23)17-9-5-2-6-10-17/h1-10,18H,11-15H2/t18-/m0/s1. The topological polar surface area (TPSA) is 37.4 Å². The van der Waals surface area contributed by atoms with Gasteiger partial charge in [0.15, 0.2) is 5.78 Å². The van der Waals surface area contributed by atoms with E-state index in [-0.39, 0.29) is 10.9 Å². The second-order valence-electron chi connectivity index (χ2n) is 6.02. The molecule has 0 spiro atoms. The maximum absolute atomic E-state index is 12.2. The summed E-state index contributed by atoms with van der Waals surface area (Å²) in [5.74, 6) is 0.187. The molecule has 2 aromatic rings. The van der Waals surface area contributed by atoms with E-state index in [4.69, 9.17) is 0 Å². The van der Waals surface area contributed by atoms with Crippen LogP contribution in [-0.2, 0) is 0 Å². The van der Waals surface area contributed by atoms with Crippen molar-refractivity contribution in [3.63, 3.8) is 0 Å². The molecule has 0 amide bonds. The predicted molar refractivity (Wildman–Crippen MR) is 98.6 cm³/mol. The van der Waals surface area contributed by atoms with Crippen LogP contribution in [-0.4, -0.2) is 40.7 Å².